The molecule has 1 aliphatic carbocycles. The van der Waals surface area contributed by atoms with Crippen LogP contribution in [0.2, 0.25) is 0 Å². The van der Waals surface area contributed by atoms with Gasteiger partial charge in [-0.3, -0.25) is 0 Å². The molecule has 0 atom stereocenters. The molecule has 0 aromatic heterocycles. The molecule has 1 fully saturated rings. The molecule has 0 bridgehead atoms. The molecular weight excluding hydrogens is 158 g/mol. The van der Waals surface area contributed by atoms with E-state index >= 15 is 0 Å². The zero-order chi connectivity index (χ0) is 9.26. The average Bonchev–Trinajstić information content (AvgIpc) is 2.93. The first kappa shape index (κ1) is 8.36. The highest BCUT2D eigenvalue weighted by Crippen LogP contribution is 2.37. The van der Waals surface area contributed by atoms with Crippen molar-refractivity contribution in [3.8, 4) is 0 Å². The summed E-state index contributed by atoms with van der Waals surface area (Å²) in [4.78, 5) is 0. The Balaban J connectivity index is 2.34. The van der Waals surface area contributed by atoms with E-state index in [1.165, 1.54) is 24.0 Å². The van der Waals surface area contributed by atoms with Crippen LogP contribution in [0.3, 0.4) is 0 Å². The summed E-state index contributed by atoms with van der Waals surface area (Å²) in [6.07, 6.45) is 3.74. The second kappa shape index (κ2) is 3.25. The summed E-state index contributed by atoms with van der Waals surface area (Å²) in [5, 5.41) is 0. The van der Waals surface area contributed by atoms with Crippen LogP contribution < -0.4 is 5.73 Å². The third kappa shape index (κ3) is 1.74. The molecule has 1 aromatic rings. The molecule has 2 N–H and O–H groups in total. The molecule has 0 heterocycles. The van der Waals surface area contributed by atoms with Gasteiger partial charge in [0.05, 0.1) is 0 Å². The number of benzene rings is 1. The number of hydrogen-bond acceptors (Lipinski definition) is 1. The number of allylic oxidation sites excluding steroid dienone is 2. The number of nitrogen functional groups attached to an aromatic ring is 1. The highest BCUT2D eigenvalue weighted by atomic mass is 14.5. The number of nitrogens with two attached hydrogens (primary N) is 1. The lowest BCUT2D eigenvalue weighted by molar-refractivity contribution is 1.23. The molecule has 0 unspecified atom stereocenters. The minimum Gasteiger partial charge on any atom is -0.399 e. The zero-order valence-corrected chi connectivity index (χ0v) is 8.01. The summed E-state index contributed by atoms with van der Waals surface area (Å²) in [5.74, 6) is 0. The van der Waals surface area contributed by atoms with E-state index < -0.39 is 0 Å². The monoisotopic (exact) mass is 173 g/mol. The average molecular weight is 173 g/mol. The Morgan fingerprint density at radius 3 is 2.31 bits per heavy atom. The van der Waals surface area contributed by atoms with Crippen LogP contribution >= 0.6 is 0 Å². The lowest BCUT2D eigenvalue weighted by Gasteiger charge is -2.04. The van der Waals surface area contributed by atoms with Crippen molar-refractivity contribution >= 4 is 11.3 Å². The van der Waals surface area contributed by atoms with E-state index in [1.807, 2.05) is 12.1 Å². The van der Waals surface area contributed by atoms with Crippen LogP contribution in [0.15, 0.2) is 29.8 Å². The molecule has 0 amide bonds. The third-order valence-electron chi connectivity index (χ3n) is 2.54. The van der Waals surface area contributed by atoms with Crippen molar-refractivity contribution in [3.63, 3.8) is 0 Å². The van der Waals surface area contributed by atoms with Crippen LogP contribution in [0.25, 0.3) is 5.57 Å². The van der Waals surface area contributed by atoms with Crippen molar-refractivity contribution < 1.29 is 0 Å². The van der Waals surface area contributed by atoms with Crippen molar-refractivity contribution in [2.45, 2.75) is 26.2 Å². The van der Waals surface area contributed by atoms with Crippen molar-refractivity contribution in [1.82, 2.24) is 0 Å². The fourth-order valence-corrected chi connectivity index (χ4v) is 1.71. The normalized spacial score (nSPS) is 14.4. The number of hydrogen-bond donors (Lipinski definition) is 1. The van der Waals surface area contributed by atoms with Crippen molar-refractivity contribution in [2.75, 3.05) is 5.73 Å². The minimum absolute atomic E-state index is 0.847. The molecule has 1 saturated carbocycles. The molecule has 2 rings (SSSR count). The van der Waals surface area contributed by atoms with Crippen LogP contribution in [-0.4, -0.2) is 0 Å². The van der Waals surface area contributed by atoms with Crippen LogP contribution in [0.4, 0.5) is 5.69 Å². The maximum Gasteiger partial charge on any atom is 0.0314 e. The summed E-state index contributed by atoms with van der Waals surface area (Å²) in [6.45, 7) is 2.22. The standard InChI is InChI=1S/C12H15N/c1-2-12(9-3-4-9)10-5-7-11(13)8-6-10/h5-8H,2-4,13H2,1H3. The highest BCUT2D eigenvalue weighted by molar-refractivity contribution is 5.72. The largest absolute Gasteiger partial charge is 0.399 e. The first-order valence-electron chi connectivity index (χ1n) is 4.88. The van der Waals surface area contributed by atoms with E-state index in [2.05, 4.69) is 19.1 Å². The first-order valence-corrected chi connectivity index (χ1v) is 4.88. The van der Waals surface area contributed by atoms with Gasteiger partial charge in [0, 0.05) is 5.69 Å². The van der Waals surface area contributed by atoms with E-state index in [0.717, 1.165) is 12.1 Å². The maximum atomic E-state index is 5.64. The summed E-state index contributed by atoms with van der Waals surface area (Å²) >= 11 is 0. The van der Waals surface area contributed by atoms with E-state index in [-0.39, 0.29) is 0 Å². The Labute approximate surface area is 79.3 Å². The fourth-order valence-electron chi connectivity index (χ4n) is 1.71. The van der Waals surface area contributed by atoms with Gasteiger partial charge in [-0.2, -0.15) is 0 Å². The van der Waals surface area contributed by atoms with E-state index in [1.54, 1.807) is 5.57 Å². The third-order valence-corrected chi connectivity index (χ3v) is 2.54. The second-order valence-electron chi connectivity index (χ2n) is 3.56. The zero-order valence-electron chi connectivity index (χ0n) is 8.01. The van der Waals surface area contributed by atoms with Crippen LogP contribution in [0.1, 0.15) is 31.7 Å². The van der Waals surface area contributed by atoms with E-state index in [0.29, 0.717) is 0 Å². The van der Waals surface area contributed by atoms with Crippen molar-refractivity contribution in [3.05, 3.63) is 35.4 Å². The Morgan fingerprint density at radius 1 is 1.23 bits per heavy atom. The fraction of sp³-hybridized carbons (Fsp3) is 0.333. The van der Waals surface area contributed by atoms with Gasteiger partial charge < -0.3 is 5.73 Å². The molecule has 1 aliphatic rings. The Kier molecular flexibility index (Phi) is 2.09. The first-order chi connectivity index (χ1) is 6.31. The molecule has 0 radical (unpaired) electrons. The molecule has 1 aromatic carbocycles. The lowest BCUT2D eigenvalue weighted by Crippen LogP contribution is -1.86. The van der Waals surface area contributed by atoms with E-state index in [4.69, 9.17) is 5.73 Å². The summed E-state index contributed by atoms with van der Waals surface area (Å²) < 4.78 is 0. The number of anilines is 1. The second-order valence-corrected chi connectivity index (χ2v) is 3.56. The van der Waals surface area contributed by atoms with Gasteiger partial charge in [-0.25, -0.2) is 0 Å². The van der Waals surface area contributed by atoms with Crippen molar-refractivity contribution in [2.24, 2.45) is 0 Å². The highest BCUT2D eigenvalue weighted by Gasteiger charge is 2.17. The molecule has 1 nitrogen and oxygen atoms in total. The predicted molar refractivity (Wildman–Crippen MR) is 57.3 cm³/mol. The van der Waals surface area contributed by atoms with Crippen molar-refractivity contribution in [1.29, 1.82) is 0 Å². The van der Waals surface area contributed by atoms with Gasteiger partial charge in [-0.15, -0.1) is 0 Å². The summed E-state index contributed by atoms with van der Waals surface area (Å²) in [7, 11) is 0. The molecule has 0 saturated heterocycles. The SMILES string of the molecule is CCC(=C1CC1)c1ccc(N)cc1. The molecule has 13 heavy (non-hydrogen) atoms. The Hall–Kier alpha value is -1.24. The quantitative estimate of drug-likeness (QED) is 0.683. The molecule has 68 valence electrons. The maximum absolute atomic E-state index is 5.64. The summed E-state index contributed by atoms with van der Waals surface area (Å²) in [5.41, 5.74) is 11.0. The minimum atomic E-state index is 0.847. The van der Waals surface area contributed by atoms with Crippen LogP contribution in [0.5, 0.6) is 0 Å². The van der Waals surface area contributed by atoms with Gasteiger partial charge in [0.1, 0.15) is 0 Å². The van der Waals surface area contributed by atoms with E-state index in [9.17, 15) is 0 Å². The number of rotatable bonds is 2. The Bertz CT molecular complexity index is 327. The molecule has 0 aliphatic heterocycles. The summed E-state index contributed by atoms with van der Waals surface area (Å²) in [6, 6.07) is 8.21. The van der Waals surface area contributed by atoms with Gasteiger partial charge in [-0.1, -0.05) is 24.6 Å². The smallest absolute Gasteiger partial charge is 0.0314 e. The molecule has 1 heteroatoms. The molecule has 0 spiro atoms. The van der Waals surface area contributed by atoms with Gasteiger partial charge in [0.2, 0.25) is 0 Å². The van der Waals surface area contributed by atoms with Gasteiger partial charge in [-0.05, 0) is 42.5 Å². The topological polar surface area (TPSA) is 26.0 Å². The lowest BCUT2D eigenvalue weighted by atomic mass is 10.0. The van der Waals surface area contributed by atoms with Gasteiger partial charge >= 0.3 is 0 Å². The molecular formula is C12H15N. The van der Waals surface area contributed by atoms with Gasteiger partial charge in [0.25, 0.3) is 0 Å². The van der Waals surface area contributed by atoms with Gasteiger partial charge in [0.15, 0.2) is 0 Å². The predicted octanol–water partition coefficient (Wildman–Crippen LogP) is 3.23. The van der Waals surface area contributed by atoms with Crippen LogP contribution in [-0.2, 0) is 0 Å². The Morgan fingerprint density at radius 2 is 1.85 bits per heavy atom. The van der Waals surface area contributed by atoms with Crippen LogP contribution in [0, 0.1) is 0 Å².